The topological polar surface area (TPSA) is 71.5 Å². The Morgan fingerprint density at radius 2 is 1.74 bits per heavy atom. The van der Waals surface area contributed by atoms with E-state index in [1.807, 2.05) is 24.3 Å². The van der Waals surface area contributed by atoms with Gasteiger partial charge in [-0.25, -0.2) is 9.18 Å². The quantitative estimate of drug-likeness (QED) is 0.570. The first-order chi connectivity index (χ1) is 14.6. The summed E-state index contributed by atoms with van der Waals surface area (Å²) in [6.45, 7) is 6.91. The Morgan fingerprint density at radius 1 is 1.06 bits per heavy atom. The molecule has 5 nitrogen and oxygen atoms in total. The molecule has 2 unspecified atom stereocenters. The van der Waals surface area contributed by atoms with Gasteiger partial charge in [-0.05, 0) is 67.6 Å². The fourth-order valence-corrected chi connectivity index (χ4v) is 3.18. The number of hydrogen-bond acceptors (Lipinski definition) is 4. The number of carbonyl (C=O) groups excluding carboxylic acids is 1. The van der Waals surface area contributed by atoms with Crippen LogP contribution >= 0.6 is 0 Å². The van der Waals surface area contributed by atoms with Crippen molar-refractivity contribution < 1.29 is 19.0 Å². The molecular formula is C25H27FN2O3. The Morgan fingerprint density at radius 3 is 2.32 bits per heavy atom. The number of aliphatic hydroxyl groups excluding tert-OH is 1. The molecule has 1 heterocycles. The van der Waals surface area contributed by atoms with Gasteiger partial charge in [-0.15, -0.1) is 0 Å². The predicted molar refractivity (Wildman–Crippen MR) is 118 cm³/mol. The van der Waals surface area contributed by atoms with E-state index in [4.69, 9.17) is 4.74 Å². The summed E-state index contributed by atoms with van der Waals surface area (Å²) in [5, 5.41) is 13.8. The van der Waals surface area contributed by atoms with Crippen LogP contribution in [0.15, 0.2) is 67.0 Å². The zero-order chi connectivity index (χ0) is 22.6. The molecule has 0 aliphatic heterocycles. The van der Waals surface area contributed by atoms with Crippen LogP contribution < -0.4 is 5.32 Å². The number of aryl methyl sites for hydroxylation is 1. The zero-order valence-electron chi connectivity index (χ0n) is 18.1. The van der Waals surface area contributed by atoms with E-state index in [-0.39, 0.29) is 0 Å². The van der Waals surface area contributed by atoms with Crippen molar-refractivity contribution in [3.05, 3.63) is 89.5 Å². The van der Waals surface area contributed by atoms with Crippen molar-refractivity contribution in [3.63, 3.8) is 0 Å². The van der Waals surface area contributed by atoms with Gasteiger partial charge >= 0.3 is 6.09 Å². The monoisotopic (exact) mass is 422 g/mol. The number of alkyl carbamates (subject to hydrolysis) is 1. The summed E-state index contributed by atoms with van der Waals surface area (Å²) in [6.07, 6.45) is 1.66. The Hall–Kier alpha value is -3.25. The van der Waals surface area contributed by atoms with Gasteiger partial charge in [0.25, 0.3) is 0 Å². The van der Waals surface area contributed by atoms with Crippen LogP contribution in [0.25, 0.3) is 11.1 Å². The highest BCUT2D eigenvalue weighted by molar-refractivity contribution is 5.68. The maximum absolute atomic E-state index is 14.2. The molecule has 0 aliphatic rings. The predicted octanol–water partition coefficient (Wildman–Crippen LogP) is 5.50. The van der Waals surface area contributed by atoms with Gasteiger partial charge in [0.2, 0.25) is 0 Å². The maximum atomic E-state index is 14.2. The highest BCUT2D eigenvalue weighted by Gasteiger charge is 2.27. The molecule has 1 aromatic heterocycles. The lowest BCUT2D eigenvalue weighted by Gasteiger charge is -2.27. The lowest BCUT2D eigenvalue weighted by molar-refractivity contribution is 0.0419. The smallest absolute Gasteiger partial charge is 0.408 e. The molecule has 162 valence electrons. The molecular weight excluding hydrogens is 395 g/mol. The number of aliphatic hydroxyl groups is 1. The van der Waals surface area contributed by atoms with Gasteiger partial charge in [0.15, 0.2) is 0 Å². The Kier molecular flexibility index (Phi) is 6.71. The van der Waals surface area contributed by atoms with Gasteiger partial charge in [-0.3, -0.25) is 4.98 Å². The molecule has 0 spiro atoms. The van der Waals surface area contributed by atoms with Crippen molar-refractivity contribution in [1.82, 2.24) is 10.3 Å². The summed E-state index contributed by atoms with van der Waals surface area (Å²) in [6, 6.07) is 14.8. The standard InChI is InChI=1S/C25H27FN2O3/c1-16-7-8-19(14-21(16)26)22(28-24(30)31-25(2,3)4)23(29)18-11-9-17(10-12-18)20-6-5-13-27-15-20/h5-15,22-23,29H,1-4H3,(H,28,30). The summed E-state index contributed by atoms with van der Waals surface area (Å²) in [5.41, 5.74) is 2.70. The number of hydrogen-bond donors (Lipinski definition) is 2. The molecule has 31 heavy (non-hydrogen) atoms. The van der Waals surface area contributed by atoms with Crippen molar-refractivity contribution in [2.24, 2.45) is 0 Å². The molecule has 0 saturated carbocycles. The summed E-state index contributed by atoms with van der Waals surface area (Å²) >= 11 is 0. The number of amides is 1. The summed E-state index contributed by atoms with van der Waals surface area (Å²) in [4.78, 5) is 16.5. The molecule has 2 aromatic carbocycles. The largest absolute Gasteiger partial charge is 0.444 e. The number of benzene rings is 2. The first kappa shape index (κ1) is 22.4. The van der Waals surface area contributed by atoms with Crippen LogP contribution in [0.3, 0.4) is 0 Å². The molecule has 3 rings (SSSR count). The van der Waals surface area contributed by atoms with E-state index < -0.39 is 29.7 Å². The third-order valence-corrected chi connectivity index (χ3v) is 4.79. The van der Waals surface area contributed by atoms with Gasteiger partial charge in [0.05, 0.1) is 6.04 Å². The minimum Gasteiger partial charge on any atom is -0.444 e. The van der Waals surface area contributed by atoms with Gasteiger partial charge in [-0.2, -0.15) is 0 Å². The average Bonchev–Trinajstić information content (AvgIpc) is 2.73. The second-order valence-corrected chi connectivity index (χ2v) is 8.44. The number of rotatable bonds is 5. The van der Waals surface area contributed by atoms with Gasteiger partial charge < -0.3 is 15.2 Å². The summed E-state index contributed by atoms with van der Waals surface area (Å²) in [5.74, 6) is -0.410. The highest BCUT2D eigenvalue weighted by atomic mass is 19.1. The van der Waals surface area contributed by atoms with E-state index in [0.717, 1.165) is 11.1 Å². The lowest BCUT2D eigenvalue weighted by Crippen LogP contribution is -2.37. The second kappa shape index (κ2) is 9.27. The van der Waals surface area contributed by atoms with Crippen molar-refractivity contribution in [3.8, 4) is 11.1 Å². The third-order valence-electron chi connectivity index (χ3n) is 4.79. The highest BCUT2D eigenvalue weighted by Crippen LogP contribution is 2.31. The second-order valence-electron chi connectivity index (χ2n) is 8.44. The van der Waals surface area contributed by atoms with Crippen LogP contribution in [0.2, 0.25) is 0 Å². The zero-order valence-corrected chi connectivity index (χ0v) is 18.1. The maximum Gasteiger partial charge on any atom is 0.408 e. The Labute approximate surface area is 181 Å². The SMILES string of the molecule is Cc1ccc(C(NC(=O)OC(C)(C)C)C(O)c2ccc(-c3cccnc3)cc2)cc1F. The number of ether oxygens (including phenoxy) is 1. The lowest BCUT2D eigenvalue weighted by atomic mass is 9.94. The minimum atomic E-state index is -1.11. The molecule has 0 fully saturated rings. The summed E-state index contributed by atoms with van der Waals surface area (Å²) < 4.78 is 19.6. The molecule has 0 saturated heterocycles. The van der Waals surface area contributed by atoms with Crippen molar-refractivity contribution in [1.29, 1.82) is 0 Å². The van der Waals surface area contributed by atoms with Crippen LogP contribution in [0, 0.1) is 12.7 Å². The van der Waals surface area contributed by atoms with Crippen LogP contribution in [0.1, 0.15) is 49.6 Å². The first-order valence-corrected chi connectivity index (χ1v) is 10.1. The van der Waals surface area contributed by atoms with Crippen LogP contribution in [0.5, 0.6) is 0 Å². The molecule has 0 aliphatic carbocycles. The average molecular weight is 423 g/mol. The van der Waals surface area contributed by atoms with Gasteiger partial charge in [-0.1, -0.05) is 42.5 Å². The fraction of sp³-hybridized carbons (Fsp3) is 0.280. The van der Waals surface area contributed by atoms with E-state index >= 15 is 0 Å². The van der Waals surface area contributed by atoms with Gasteiger partial charge in [0, 0.05) is 12.4 Å². The number of nitrogens with one attached hydrogen (secondary N) is 1. The number of nitrogens with zero attached hydrogens (tertiary/aromatic N) is 1. The van der Waals surface area contributed by atoms with Crippen molar-refractivity contribution in [2.45, 2.75) is 45.4 Å². The van der Waals surface area contributed by atoms with E-state index in [2.05, 4.69) is 10.3 Å². The van der Waals surface area contributed by atoms with E-state index in [1.54, 1.807) is 64.4 Å². The van der Waals surface area contributed by atoms with E-state index in [1.165, 1.54) is 6.07 Å². The van der Waals surface area contributed by atoms with Gasteiger partial charge in [0.1, 0.15) is 17.5 Å². The molecule has 1 amide bonds. The molecule has 6 heteroatoms. The molecule has 0 bridgehead atoms. The molecule has 3 aromatic rings. The normalized spacial score (nSPS) is 13.4. The number of carbonyl (C=O) groups is 1. The van der Waals surface area contributed by atoms with Crippen molar-refractivity contribution in [2.75, 3.05) is 0 Å². The number of aromatic nitrogens is 1. The molecule has 0 radical (unpaired) electrons. The van der Waals surface area contributed by atoms with E-state index in [9.17, 15) is 14.3 Å². The minimum absolute atomic E-state index is 0.410. The van der Waals surface area contributed by atoms with Crippen LogP contribution in [-0.4, -0.2) is 21.8 Å². The Balaban J connectivity index is 1.90. The van der Waals surface area contributed by atoms with Crippen LogP contribution in [0.4, 0.5) is 9.18 Å². The third kappa shape index (κ3) is 5.89. The van der Waals surface area contributed by atoms with E-state index in [0.29, 0.717) is 16.7 Å². The Bertz CT molecular complexity index is 1030. The fourth-order valence-electron chi connectivity index (χ4n) is 3.18. The summed E-state index contributed by atoms with van der Waals surface area (Å²) in [7, 11) is 0. The molecule has 2 N–H and O–H groups in total. The number of pyridine rings is 1. The first-order valence-electron chi connectivity index (χ1n) is 10.1. The van der Waals surface area contributed by atoms with Crippen LogP contribution in [-0.2, 0) is 4.74 Å². The molecule has 2 atom stereocenters. The number of halogens is 1. The van der Waals surface area contributed by atoms with Crippen molar-refractivity contribution >= 4 is 6.09 Å².